The second kappa shape index (κ2) is 8.18. The fourth-order valence-corrected chi connectivity index (χ4v) is 6.18. The van der Waals surface area contributed by atoms with Crippen molar-refractivity contribution >= 4 is 23.6 Å². The third-order valence-electron chi connectivity index (χ3n) is 7.43. The van der Waals surface area contributed by atoms with Gasteiger partial charge in [-0.05, 0) is 75.6 Å². The van der Waals surface area contributed by atoms with E-state index in [1.54, 1.807) is 39.0 Å². The van der Waals surface area contributed by atoms with Crippen LogP contribution in [0.15, 0.2) is 28.3 Å². The highest BCUT2D eigenvalue weighted by Crippen LogP contribution is 2.69. The van der Waals surface area contributed by atoms with Crippen LogP contribution in [-0.2, 0) is 20.5 Å². The molecule has 194 valence electrons. The van der Waals surface area contributed by atoms with Crippen LogP contribution >= 0.6 is 0 Å². The number of hydrogen-bond donors (Lipinski definition) is 2. The number of aliphatic imine (C=N–C) groups is 1. The fraction of sp³-hybridized carbons (Fsp3) is 0.640. The first-order valence-electron chi connectivity index (χ1n) is 12.1. The Morgan fingerprint density at radius 3 is 2.53 bits per heavy atom. The first kappa shape index (κ1) is 25.9. The highest BCUT2D eigenvalue weighted by atomic mass is 19.1. The topological polar surface area (TPSA) is 140 Å². The zero-order valence-electron chi connectivity index (χ0n) is 21.7. The van der Waals surface area contributed by atoms with Crippen LogP contribution in [0, 0.1) is 11.8 Å². The lowest BCUT2D eigenvalue weighted by molar-refractivity contribution is -0.138. The third kappa shape index (κ3) is 3.72. The smallest absolute Gasteiger partial charge is 0.414 e. The van der Waals surface area contributed by atoms with E-state index in [2.05, 4.69) is 15.3 Å². The van der Waals surface area contributed by atoms with Crippen LogP contribution in [0.2, 0.25) is 0 Å². The quantitative estimate of drug-likeness (QED) is 0.356. The summed E-state index contributed by atoms with van der Waals surface area (Å²) >= 11 is 0. The van der Waals surface area contributed by atoms with E-state index < -0.39 is 40.3 Å². The monoisotopic (exact) mass is 500 g/mol. The van der Waals surface area contributed by atoms with E-state index in [9.17, 15) is 19.1 Å². The lowest BCUT2D eigenvalue weighted by atomic mass is 9.47. The van der Waals surface area contributed by atoms with Crippen LogP contribution in [0.25, 0.3) is 10.4 Å². The number of fused-ring (bicyclic) bond motifs is 4. The van der Waals surface area contributed by atoms with Crippen molar-refractivity contribution in [3.63, 3.8) is 0 Å². The highest BCUT2D eigenvalue weighted by Gasteiger charge is 2.76. The van der Waals surface area contributed by atoms with Gasteiger partial charge in [-0.1, -0.05) is 31.1 Å². The van der Waals surface area contributed by atoms with Gasteiger partial charge >= 0.3 is 6.09 Å². The minimum absolute atomic E-state index is 0.111. The van der Waals surface area contributed by atoms with E-state index in [1.165, 1.54) is 13.8 Å². The molecule has 0 aromatic heterocycles. The number of alkyl carbamates (subject to hydrolysis) is 1. The summed E-state index contributed by atoms with van der Waals surface area (Å²) in [6.07, 6.45) is -1.05. The molecule has 1 aliphatic heterocycles. The van der Waals surface area contributed by atoms with Crippen LogP contribution in [0.5, 0.6) is 0 Å². The summed E-state index contributed by atoms with van der Waals surface area (Å²) in [4.78, 5) is 35.8. The Hall–Kier alpha value is -3.17. The van der Waals surface area contributed by atoms with Crippen LogP contribution in [0.1, 0.15) is 66.0 Å². The van der Waals surface area contributed by atoms with E-state index in [-0.39, 0.29) is 24.3 Å². The van der Waals surface area contributed by atoms with E-state index in [4.69, 9.17) is 15.3 Å². The molecule has 36 heavy (non-hydrogen) atoms. The Morgan fingerprint density at radius 1 is 1.33 bits per heavy atom. The molecular formula is C25H33FN6O4. The first-order valence-corrected chi connectivity index (χ1v) is 12.1. The molecule has 5 atom stereocenters. The molecule has 1 unspecified atom stereocenters. The maximum absolute atomic E-state index is 14.9. The predicted octanol–water partition coefficient (Wildman–Crippen LogP) is 4.58. The lowest BCUT2D eigenvalue weighted by Crippen LogP contribution is -2.64. The van der Waals surface area contributed by atoms with Gasteiger partial charge in [0.2, 0.25) is 5.96 Å². The number of hydrogen-bond acceptors (Lipinski definition) is 6. The minimum atomic E-state index is -1.79. The molecule has 2 N–H and O–H groups in total. The second-order valence-corrected chi connectivity index (χ2v) is 11.7. The maximum Gasteiger partial charge on any atom is 0.414 e. The van der Waals surface area contributed by atoms with Crippen molar-refractivity contribution in [2.24, 2.45) is 21.9 Å². The molecule has 1 aromatic rings. The average molecular weight is 501 g/mol. The number of aliphatic hydroxyl groups excluding tert-OH is 1. The van der Waals surface area contributed by atoms with Crippen LogP contribution in [0.4, 0.5) is 14.9 Å². The number of halogens is 1. The van der Waals surface area contributed by atoms with Crippen molar-refractivity contribution in [1.29, 1.82) is 0 Å². The average Bonchev–Trinajstić information content (AvgIpc) is 3.15. The summed E-state index contributed by atoms with van der Waals surface area (Å²) in [6.45, 7) is 11.2. The number of rotatable bonds is 3. The molecule has 3 aliphatic rings. The molecule has 4 rings (SSSR count). The molecule has 0 saturated heterocycles. The number of aliphatic hydroxyl groups is 1. The van der Waals surface area contributed by atoms with E-state index in [0.717, 1.165) is 10.5 Å². The first-order chi connectivity index (χ1) is 16.6. The van der Waals surface area contributed by atoms with Gasteiger partial charge in [0.15, 0.2) is 5.54 Å². The van der Waals surface area contributed by atoms with Crippen molar-refractivity contribution in [2.45, 2.75) is 83.2 Å². The molecule has 1 aromatic carbocycles. The van der Waals surface area contributed by atoms with E-state index in [0.29, 0.717) is 17.7 Å². The molecule has 2 spiro atoms. The Kier molecular flexibility index (Phi) is 5.88. The van der Waals surface area contributed by atoms with Crippen LogP contribution < -0.4 is 5.32 Å². The SMILES string of the molecule is C[C@@H]1C[C@@]2(c3ccc(N=[N+]=[N-])cc3C23N=C(NC(=O)OC(C)(C)C)N(CC(C)(C)F)C3=O)[C@H](C)[C@H]1O. The van der Waals surface area contributed by atoms with Gasteiger partial charge in [-0.15, -0.1) is 0 Å². The molecule has 1 saturated carbocycles. The number of guanidine groups is 1. The Labute approximate surface area is 209 Å². The van der Waals surface area contributed by atoms with Crippen LogP contribution in [-0.4, -0.2) is 51.9 Å². The molecule has 1 fully saturated rings. The fourth-order valence-electron chi connectivity index (χ4n) is 6.18. The number of amides is 2. The number of carbonyl (C=O) groups is 2. The normalized spacial score (nSPS) is 31.1. The van der Waals surface area contributed by atoms with E-state index in [1.807, 2.05) is 13.8 Å². The molecule has 2 amide bonds. The number of carbonyl (C=O) groups excluding carboxylic acids is 2. The number of benzene rings is 1. The van der Waals surface area contributed by atoms with Gasteiger partial charge in [-0.2, -0.15) is 0 Å². The second-order valence-electron chi connectivity index (χ2n) is 11.7. The zero-order chi connectivity index (χ0) is 26.8. The van der Waals surface area contributed by atoms with Crippen molar-refractivity contribution in [3.05, 3.63) is 39.8 Å². The van der Waals surface area contributed by atoms with Crippen molar-refractivity contribution < 1.29 is 23.8 Å². The molecule has 2 aliphatic carbocycles. The zero-order valence-corrected chi connectivity index (χ0v) is 21.7. The van der Waals surface area contributed by atoms with Gasteiger partial charge < -0.3 is 9.84 Å². The van der Waals surface area contributed by atoms with Gasteiger partial charge in [-0.3, -0.25) is 15.0 Å². The Bertz CT molecular complexity index is 1200. The van der Waals surface area contributed by atoms with Gasteiger partial charge in [0.25, 0.3) is 5.91 Å². The van der Waals surface area contributed by atoms with Gasteiger partial charge in [0.05, 0.1) is 12.6 Å². The summed E-state index contributed by atoms with van der Waals surface area (Å²) in [5.74, 6) is -1.10. The molecule has 10 nitrogen and oxygen atoms in total. The highest BCUT2D eigenvalue weighted by molar-refractivity contribution is 6.13. The van der Waals surface area contributed by atoms with Crippen molar-refractivity contribution in [2.75, 3.05) is 6.54 Å². The number of nitrogens with zero attached hydrogens (tertiary/aromatic N) is 5. The van der Waals surface area contributed by atoms with Crippen LogP contribution in [0.3, 0.4) is 0 Å². The van der Waals surface area contributed by atoms with Gasteiger partial charge in [0, 0.05) is 16.0 Å². The van der Waals surface area contributed by atoms with Crippen molar-refractivity contribution in [1.82, 2.24) is 10.2 Å². The summed E-state index contributed by atoms with van der Waals surface area (Å²) in [5, 5.41) is 17.2. The standard InChI is InChI=1S/C25H33FN6O4/c1-13-11-24(14(2)18(13)33)16-9-8-15(30-31-27)10-17(16)25(24)19(34)32(12-23(6,7)26)20(29-25)28-21(35)36-22(3,4)5/h8-10,13-14,18,33H,11-12H2,1-7H3,(H,28,29,35)/t13-,14-,18+,24+,25?/m1/s1. The molecule has 1 heterocycles. The minimum Gasteiger partial charge on any atom is -0.444 e. The molecule has 0 radical (unpaired) electrons. The summed E-state index contributed by atoms with van der Waals surface area (Å²) in [7, 11) is 0. The predicted molar refractivity (Wildman–Crippen MR) is 131 cm³/mol. The number of nitrogens with one attached hydrogen (secondary N) is 1. The van der Waals surface area contributed by atoms with Gasteiger partial charge in [0.1, 0.15) is 11.3 Å². The summed E-state index contributed by atoms with van der Waals surface area (Å²) in [5.41, 5.74) is 5.59. The largest absolute Gasteiger partial charge is 0.444 e. The third-order valence-corrected chi connectivity index (χ3v) is 7.43. The molecule has 11 heteroatoms. The summed E-state index contributed by atoms with van der Waals surface area (Å²) in [6, 6.07) is 5.08. The maximum atomic E-state index is 14.9. The van der Waals surface area contributed by atoms with E-state index >= 15 is 0 Å². The lowest BCUT2D eigenvalue weighted by Gasteiger charge is -2.56. The Balaban J connectivity index is 1.92. The summed E-state index contributed by atoms with van der Waals surface area (Å²) < 4.78 is 20.3. The number of ether oxygens (including phenoxy) is 1. The number of alkyl halides is 1. The number of azide groups is 1. The molecular weight excluding hydrogens is 467 g/mol. The Morgan fingerprint density at radius 2 is 2.00 bits per heavy atom. The van der Waals surface area contributed by atoms with Gasteiger partial charge in [-0.25, -0.2) is 14.2 Å². The molecule has 0 bridgehead atoms. The van der Waals surface area contributed by atoms with Crippen molar-refractivity contribution in [3.8, 4) is 0 Å².